The van der Waals surface area contributed by atoms with Crippen LogP contribution in [0.5, 0.6) is 0 Å². The van der Waals surface area contributed by atoms with Crippen molar-refractivity contribution in [1.29, 1.82) is 0 Å². The second-order valence-corrected chi connectivity index (χ2v) is 10.8. The lowest BCUT2D eigenvalue weighted by atomic mass is 9.96. The lowest BCUT2D eigenvalue weighted by molar-refractivity contribution is -0.341. The molecule has 0 aromatic heterocycles. The standard InChI is InChI=1S/C33H38N4O7/c34-36-35-28-29(38)30-27(23-41-31(44-30)26-17-9-3-10-18-26)43-32(28)40-20-12-4-11-19-37(21-24-13-5-1-6-14-24)33(39)42-22-25-15-7-2-8-16-25/h1-3,5-10,13-18,27-32,38H,4,11-12,19-23H2/t27-,28-,29-,30-,31-,32+/m1/s1. The van der Waals surface area contributed by atoms with Gasteiger partial charge >= 0.3 is 6.09 Å². The molecule has 2 saturated heterocycles. The Kier molecular flexibility index (Phi) is 11.6. The van der Waals surface area contributed by atoms with Crippen molar-refractivity contribution in [3.05, 3.63) is 118 Å². The molecule has 2 aliphatic heterocycles. The molecule has 0 saturated carbocycles. The molecule has 1 N–H and O–H groups in total. The first kappa shape index (κ1) is 31.5. The van der Waals surface area contributed by atoms with Crippen molar-refractivity contribution in [1.82, 2.24) is 4.90 Å². The molecule has 5 rings (SSSR count). The maximum Gasteiger partial charge on any atom is 0.410 e. The first-order chi connectivity index (χ1) is 21.6. The number of unbranched alkanes of at least 4 members (excludes halogenated alkanes) is 2. The van der Waals surface area contributed by atoms with Crippen molar-refractivity contribution in [2.45, 2.75) is 69.3 Å². The number of azide groups is 1. The Morgan fingerprint density at radius 1 is 0.932 bits per heavy atom. The molecule has 11 nitrogen and oxygen atoms in total. The summed E-state index contributed by atoms with van der Waals surface area (Å²) in [6.45, 7) is 1.69. The second-order valence-electron chi connectivity index (χ2n) is 10.8. The highest BCUT2D eigenvalue weighted by molar-refractivity contribution is 5.67. The largest absolute Gasteiger partial charge is 0.445 e. The van der Waals surface area contributed by atoms with Crippen LogP contribution in [-0.2, 0) is 36.8 Å². The lowest BCUT2D eigenvalue weighted by Crippen LogP contribution is -2.61. The van der Waals surface area contributed by atoms with E-state index in [0.29, 0.717) is 26.1 Å². The Hall–Kier alpha value is -3.96. The molecule has 6 atom stereocenters. The SMILES string of the molecule is [N-]=[N+]=N[C@H]1[C@@H](OCCCCCN(Cc2ccccc2)C(=O)OCc2ccccc2)O[C@@H]2CO[C@@H](c3ccccc3)O[C@H]2[C@@H]1O. The van der Waals surface area contributed by atoms with E-state index < -0.39 is 36.9 Å². The number of carbonyl (C=O) groups excluding carboxylic acids is 1. The molecule has 1 amide bonds. The van der Waals surface area contributed by atoms with Crippen LogP contribution in [0, 0.1) is 0 Å². The Morgan fingerprint density at radius 2 is 1.61 bits per heavy atom. The number of ether oxygens (including phenoxy) is 5. The molecule has 3 aromatic carbocycles. The third-order valence-electron chi connectivity index (χ3n) is 7.62. The molecule has 0 radical (unpaired) electrons. The van der Waals surface area contributed by atoms with E-state index in [1.165, 1.54) is 0 Å². The molecule has 232 valence electrons. The van der Waals surface area contributed by atoms with Gasteiger partial charge in [0.05, 0.1) is 12.7 Å². The zero-order chi connectivity index (χ0) is 30.6. The molecular weight excluding hydrogens is 564 g/mol. The third-order valence-corrected chi connectivity index (χ3v) is 7.62. The molecule has 0 aliphatic carbocycles. The van der Waals surface area contributed by atoms with Gasteiger partial charge in [0.2, 0.25) is 0 Å². The minimum atomic E-state index is -1.13. The maximum absolute atomic E-state index is 13.0. The van der Waals surface area contributed by atoms with E-state index in [9.17, 15) is 9.90 Å². The van der Waals surface area contributed by atoms with Crippen LogP contribution in [0.15, 0.2) is 96.1 Å². The normalized spacial score (nSPS) is 24.5. The number of hydrogen-bond acceptors (Lipinski definition) is 8. The highest BCUT2D eigenvalue weighted by atomic mass is 16.7. The molecule has 2 fully saturated rings. The minimum Gasteiger partial charge on any atom is -0.445 e. The molecule has 0 spiro atoms. The second kappa shape index (κ2) is 16.2. The number of hydrogen-bond donors (Lipinski definition) is 1. The van der Waals surface area contributed by atoms with Gasteiger partial charge in [-0.25, -0.2) is 4.79 Å². The number of amides is 1. The van der Waals surface area contributed by atoms with Gasteiger partial charge in [-0.15, -0.1) is 0 Å². The van der Waals surface area contributed by atoms with Crippen LogP contribution in [0.25, 0.3) is 10.4 Å². The summed E-state index contributed by atoms with van der Waals surface area (Å²) in [5, 5.41) is 14.8. The predicted octanol–water partition coefficient (Wildman–Crippen LogP) is 5.89. The van der Waals surface area contributed by atoms with E-state index >= 15 is 0 Å². The van der Waals surface area contributed by atoms with Crippen LogP contribution >= 0.6 is 0 Å². The Balaban J connectivity index is 1.09. The fraction of sp³-hybridized carbons (Fsp3) is 0.424. The molecule has 2 heterocycles. The first-order valence-corrected chi connectivity index (χ1v) is 14.9. The van der Waals surface area contributed by atoms with Gasteiger partial charge in [0.1, 0.15) is 24.9 Å². The van der Waals surface area contributed by atoms with E-state index in [4.69, 9.17) is 29.2 Å². The van der Waals surface area contributed by atoms with Gasteiger partial charge in [0.25, 0.3) is 0 Å². The zero-order valence-corrected chi connectivity index (χ0v) is 24.5. The molecule has 11 heteroatoms. The van der Waals surface area contributed by atoms with Crippen molar-refractivity contribution >= 4 is 6.09 Å². The average molecular weight is 603 g/mol. The summed E-state index contributed by atoms with van der Waals surface area (Å²) in [6, 6.07) is 27.9. The van der Waals surface area contributed by atoms with Gasteiger partial charge in [0.15, 0.2) is 12.6 Å². The number of aliphatic hydroxyl groups excluding tert-OH is 1. The summed E-state index contributed by atoms with van der Waals surface area (Å²) in [5.41, 5.74) is 11.9. The van der Waals surface area contributed by atoms with Crippen molar-refractivity contribution in [2.24, 2.45) is 5.11 Å². The van der Waals surface area contributed by atoms with Crippen LogP contribution in [0.2, 0.25) is 0 Å². The predicted molar refractivity (Wildman–Crippen MR) is 161 cm³/mol. The quantitative estimate of drug-likeness (QED) is 0.112. The lowest BCUT2D eigenvalue weighted by Gasteiger charge is -2.46. The molecular formula is C33H38N4O7. The van der Waals surface area contributed by atoms with Gasteiger partial charge in [-0.2, -0.15) is 0 Å². The molecule has 0 bridgehead atoms. The van der Waals surface area contributed by atoms with E-state index in [1.54, 1.807) is 4.90 Å². The monoisotopic (exact) mass is 602 g/mol. The number of aliphatic hydroxyl groups is 1. The zero-order valence-electron chi connectivity index (χ0n) is 24.5. The van der Waals surface area contributed by atoms with Crippen molar-refractivity contribution < 1.29 is 33.6 Å². The summed E-state index contributed by atoms with van der Waals surface area (Å²) in [5.74, 6) is 0. The fourth-order valence-corrected chi connectivity index (χ4v) is 5.31. The number of rotatable bonds is 13. The third kappa shape index (κ3) is 8.57. The van der Waals surface area contributed by atoms with Crippen molar-refractivity contribution in [2.75, 3.05) is 19.8 Å². The molecule has 0 unspecified atom stereocenters. The van der Waals surface area contributed by atoms with Crippen LogP contribution in [0.1, 0.15) is 42.2 Å². The highest BCUT2D eigenvalue weighted by Crippen LogP contribution is 2.35. The first-order valence-electron chi connectivity index (χ1n) is 14.9. The summed E-state index contributed by atoms with van der Waals surface area (Å²) in [4.78, 5) is 17.6. The number of fused-ring (bicyclic) bond motifs is 1. The van der Waals surface area contributed by atoms with Crippen LogP contribution < -0.4 is 0 Å². The molecule has 44 heavy (non-hydrogen) atoms. The Labute approximate surface area is 256 Å². The number of nitrogens with zero attached hydrogens (tertiary/aromatic N) is 4. The van der Waals surface area contributed by atoms with Crippen LogP contribution in [0.4, 0.5) is 4.79 Å². The number of carbonyl (C=O) groups is 1. The summed E-state index contributed by atoms with van der Waals surface area (Å²) >= 11 is 0. The van der Waals surface area contributed by atoms with Gasteiger partial charge in [-0.05, 0) is 35.9 Å². The topological polar surface area (TPSA) is 135 Å². The Morgan fingerprint density at radius 3 is 2.32 bits per heavy atom. The summed E-state index contributed by atoms with van der Waals surface area (Å²) in [6.07, 6.45) is -2.21. The smallest absolute Gasteiger partial charge is 0.410 e. The minimum absolute atomic E-state index is 0.196. The average Bonchev–Trinajstić information content (AvgIpc) is 3.07. The van der Waals surface area contributed by atoms with Crippen molar-refractivity contribution in [3.63, 3.8) is 0 Å². The van der Waals surface area contributed by atoms with E-state index in [0.717, 1.165) is 29.5 Å². The summed E-state index contributed by atoms with van der Waals surface area (Å²) in [7, 11) is 0. The fourth-order valence-electron chi connectivity index (χ4n) is 5.31. The Bertz CT molecular complexity index is 1340. The van der Waals surface area contributed by atoms with Gasteiger partial charge in [0, 0.05) is 30.2 Å². The van der Waals surface area contributed by atoms with E-state index in [2.05, 4.69) is 10.0 Å². The number of benzene rings is 3. The van der Waals surface area contributed by atoms with E-state index in [1.807, 2.05) is 91.0 Å². The van der Waals surface area contributed by atoms with E-state index in [-0.39, 0.29) is 19.3 Å². The van der Waals surface area contributed by atoms with Gasteiger partial charge in [-0.3, -0.25) is 0 Å². The van der Waals surface area contributed by atoms with Crippen LogP contribution in [-0.4, -0.2) is 66.5 Å². The van der Waals surface area contributed by atoms with Crippen LogP contribution in [0.3, 0.4) is 0 Å². The van der Waals surface area contributed by atoms with Gasteiger partial charge < -0.3 is 33.7 Å². The molecule has 2 aliphatic rings. The van der Waals surface area contributed by atoms with Gasteiger partial charge in [-0.1, -0.05) is 96.1 Å². The summed E-state index contributed by atoms with van der Waals surface area (Å²) < 4.78 is 29.5. The highest BCUT2D eigenvalue weighted by Gasteiger charge is 2.49. The van der Waals surface area contributed by atoms with Crippen molar-refractivity contribution in [3.8, 4) is 0 Å². The maximum atomic E-state index is 13.0. The molecule has 3 aromatic rings.